The number of nitrogens with one attached hydrogen (secondary N) is 1. The predicted molar refractivity (Wildman–Crippen MR) is 368 cm³/mol. The molecule has 0 spiro atoms. The van der Waals surface area contributed by atoms with Crippen LogP contribution < -0.4 is 20.5 Å². The van der Waals surface area contributed by atoms with Crippen LogP contribution >= 0.6 is 130 Å². The standard InChI is InChI=1S/C15H10Cl2N4O3S2.C11H9BrCl2N2O3S2.C11H16N4O.C6H7ClN2.C4H2Cl2O2S2.5CH4/c16-9-6-10(21-26(23,24)13-2-1-11(17)25-13)14(20-7-9)15(22)8-3-4-19-12(18)5-8;1-19-6-16(8-4-7(13)5-15-11(8)12)21(17,18)10-3-2-9(14)20-10;1-14(2)8-13-10-7-9(5-6-12-10)11(16)15(3)4;1-4-6(8)2-5(7)3-9-4;5-3-1-2-4(9-3)10(6,7)8;;;;;/h1-7,21H,(H2,18,19);2-5H,6H2,1H3;5-8H,1-4H3;2-3H,8H2,1H3;1-2H;5*1H4. The van der Waals surface area contributed by atoms with E-state index in [0.717, 1.165) is 44.0 Å². The molecule has 8 heterocycles. The Hall–Kier alpha value is -5.02. The maximum Gasteiger partial charge on any atom is 0.275 e. The molecule has 0 fully saturated rings. The van der Waals surface area contributed by atoms with Gasteiger partial charge in [-0.15, -0.1) is 34.0 Å². The molecule has 0 atom stereocenters. The summed E-state index contributed by atoms with van der Waals surface area (Å²) < 4.78 is 81.6. The zero-order chi connectivity index (χ0) is 61.3. The number of sulfonamides is 2. The number of amides is 1. The molecule has 0 radical (unpaired) electrons. The molecular formula is C52H64BrCl7N12O9S6. The Kier molecular flexibility index (Phi) is 37.2. The third-order valence-electron chi connectivity index (χ3n) is 9.27. The van der Waals surface area contributed by atoms with Gasteiger partial charge in [0.1, 0.15) is 35.5 Å². The molecule has 8 rings (SSSR count). The van der Waals surface area contributed by atoms with Crippen LogP contribution in [-0.4, -0.2) is 120 Å². The van der Waals surface area contributed by atoms with Crippen LogP contribution in [0.25, 0.3) is 0 Å². The molecule has 0 bridgehead atoms. The van der Waals surface area contributed by atoms with Gasteiger partial charge in [0.25, 0.3) is 35.0 Å². The van der Waals surface area contributed by atoms with Crippen LogP contribution in [0.4, 0.5) is 28.7 Å². The van der Waals surface area contributed by atoms with E-state index in [-0.39, 0.29) is 95.9 Å². The molecule has 21 nitrogen and oxygen atoms in total. The Labute approximate surface area is 564 Å². The summed E-state index contributed by atoms with van der Waals surface area (Å²) in [4.78, 5) is 51.6. The highest BCUT2D eigenvalue weighted by atomic mass is 79.9. The third kappa shape index (κ3) is 26.5. The number of carbonyl (C=O) groups is 2. The molecule has 35 heteroatoms. The van der Waals surface area contributed by atoms with Gasteiger partial charge < -0.3 is 26.0 Å². The lowest BCUT2D eigenvalue weighted by Crippen LogP contribution is -2.32. The van der Waals surface area contributed by atoms with Crippen molar-refractivity contribution >= 4 is 206 Å². The van der Waals surface area contributed by atoms with Crippen molar-refractivity contribution < 1.29 is 39.6 Å². The summed E-state index contributed by atoms with van der Waals surface area (Å²) in [5.41, 5.74) is 13.4. The van der Waals surface area contributed by atoms with E-state index >= 15 is 0 Å². The van der Waals surface area contributed by atoms with Crippen molar-refractivity contribution in [3.05, 3.63) is 165 Å². The number of pyridine rings is 5. The lowest BCUT2D eigenvalue weighted by atomic mass is 10.1. The highest BCUT2D eigenvalue weighted by Crippen LogP contribution is 2.35. The SMILES string of the molecule is C.C.C.C.C.CN(C)C=Nc1cc(C(=O)N(C)C)ccn1.COCN(c1cc(Cl)cnc1Br)S(=O)(=O)c1ccc(Cl)s1.Cc1ncc(Cl)cc1N.Nc1cc(C(=O)c2ncc(Cl)cc2NS(=O)(=O)c2ccc(Cl)s2)ccn1.O=S(=O)(Cl)c1ccc(Cl)s1. The summed E-state index contributed by atoms with van der Waals surface area (Å²) in [6, 6.07) is 19.3. The molecule has 87 heavy (non-hydrogen) atoms. The van der Waals surface area contributed by atoms with Crippen molar-refractivity contribution in [3.63, 3.8) is 0 Å². The van der Waals surface area contributed by atoms with E-state index in [1.165, 1.54) is 91.3 Å². The number of nitrogens with two attached hydrogens (primary N) is 2. The van der Waals surface area contributed by atoms with E-state index in [1.54, 1.807) is 51.0 Å². The molecule has 0 aliphatic carbocycles. The second-order valence-electron chi connectivity index (χ2n) is 15.9. The summed E-state index contributed by atoms with van der Waals surface area (Å²) in [5.74, 6) is 0.1000. The fourth-order valence-corrected chi connectivity index (χ4v) is 14.4. The molecule has 0 saturated heterocycles. The monoisotopic (exact) mass is 1520 g/mol. The summed E-state index contributed by atoms with van der Waals surface area (Å²) in [7, 11) is 2.21. The lowest BCUT2D eigenvalue weighted by Gasteiger charge is -2.23. The first-order chi connectivity index (χ1) is 38.3. The van der Waals surface area contributed by atoms with Gasteiger partial charge in [0.2, 0.25) is 5.78 Å². The minimum absolute atomic E-state index is 0. The molecule has 5 N–H and O–H groups in total. The number of ether oxygens (including phenoxy) is 1. The highest BCUT2D eigenvalue weighted by Gasteiger charge is 2.29. The van der Waals surface area contributed by atoms with E-state index in [4.69, 9.17) is 96.5 Å². The number of thiophene rings is 3. The average molecular weight is 1520 g/mol. The van der Waals surface area contributed by atoms with Gasteiger partial charge in [-0.1, -0.05) is 107 Å². The van der Waals surface area contributed by atoms with E-state index < -0.39 is 34.9 Å². The number of anilines is 4. The molecule has 0 unspecified atom stereocenters. The van der Waals surface area contributed by atoms with Gasteiger partial charge in [-0.3, -0.25) is 19.3 Å². The fraction of sp³-hybridized carbons (Fsp3) is 0.231. The molecule has 8 aromatic rings. The second-order valence-corrected chi connectivity index (χ2v) is 29.9. The Bertz CT molecular complexity index is 3900. The van der Waals surface area contributed by atoms with Crippen LogP contribution in [-0.2, 0) is 33.8 Å². The second kappa shape index (κ2) is 38.5. The number of rotatable bonds is 14. The topological polar surface area (TPSA) is 296 Å². The average Bonchev–Trinajstić information content (AvgIpc) is 2.51. The summed E-state index contributed by atoms with van der Waals surface area (Å²) in [6.07, 6.45) is 8.84. The summed E-state index contributed by atoms with van der Waals surface area (Å²) in [5, 5.41) is 1.06. The van der Waals surface area contributed by atoms with Crippen molar-refractivity contribution in [3.8, 4) is 0 Å². The molecule has 1 amide bonds. The van der Waals surface area contributed by atoms with Crippen molar-refractivity contribution in [2.24, 2.45) is 4.99 Å². The van der Waals surface area contributed by atoms with Crippen LogP contribution in [0.15, 0.2) is 132 Å². The van der Waals surface area contributed by atoms with Crippen LogP contribution in [0.1, 0.15) is 69.2 Å². The van der Waals surface area contributed by atoms with Crippen molar-refractivity contribution in [2.45, 2.75) is 56.7 Å². The zero-order valence-corrected chi connectivity index (χ0v) is 54.8. The third-order valence-corrected chi connectivity index (χ3v) is 20.3. The number of nitrogens with zero attached hydrogens (tertiary/aromatic N) is 9. The van der Waals surface area contributed by atoms with Gasteiger partial charge in [-0.2, -0.15) is 0 Å². The van der Waals surface area contributed by atoms with Crippen LogP contribution in [0, 0.1) is 6.92 Å². The molecule has 0 aliphatic rings. The van der Waals surface area contributed by atoms with Gasteiger partial charge in [-0.25, -0.2) is 54.5 Å². The number of aliphatic imine (C=N–C) groups is 1. The van der Waals surface area contributed by atoms with Crippen LogP contribution in [0.3, 0.4) is 0 Å². The smallest absolute Gasteiger partial charge is 0.275 e. The van der Waals surface area contributed by atoms with Gasteiger partial charge in [-0.05, 0) is 102 Å². The Balaban J connectivity index is 0. The normalized spacial score (nSPS) is 10.5. The van der Waals surface area contributed by atoms with Crippen LogP contribution in [0.2, 0.25) is 28.1 Å². The minimum Gasteiger partial charge on any atom is -0.397 e. The fourth-order valence-electron chi connectivity index (χ4n) is 5.59. The number of halogens is 8. The Morgan fingerprint density at radius 2 is 1.17 bits per heavy atom. The van der Waals surface area contributed by atoms with Crippen molar-refractivity contribution in [1.82, 2.24) is 34.7 Å². The number of aryl methyl sites for hydroxylation is 1. The first-order valence-corrected chi connectivity index (χ1v) is 32.8. The molecule has 0 saturated carbocycles. The maximum absolute atomic E-state index is 12.7. The van der Waals surface area contributed by atoms with E-state index in [9.17, 15) is 34.8 Å². The number of hydrogen-bond donors (Lipinski definition) is 3. The van der Waals surface area contributed by atoms with E-state index in [0.29, 0.717) is 44.7 Å². The first-order valence-electron chi connectivity index (χ1n) is 22.1. The molecule has 8 aromatic heterocycles. The van der Waals surface area contributed by atoms with Gasteiger partial charge >= 0.3 is 0 Å². The number of hydrogen-bond acceptors (Lipinski definition) is 20. The number of methoxy groups -OCH3 is 1. The molecule has 0 aliphatic heterocycles. The number of nitrogen functional groups attached to an aromatic ring is 2. The quantitative estimate of drug-likeness (QED) is 0.0228. The predicted octanol–water partition coefficient (Wildman–Crippen LogP) is 15.6. The molecule has 0 aromatic carbocycles. The van der Waals surface area contributed by atoms with E-state index in [2.05, 4.69) is 50.6 Å². The Morgan fingerprint density at radius 3 is 1.66 bits per heavy atom. The number of ketones is 1. The molecule has 478 valence electrons. The summed E-state index contributed by atoms with van der Waals surface area (Å²) >= 11 is 40.5. The van der Waals surface area contributed by atoms with Gasteiger partial charge in [0.15, 0.2) is 5.82 Å². The summed E-state index contributed by atoms with van der Waals surface area (Å²) in [6.45, 7) is 1.66. The van der Waals surface area contributed by atoms with Gasteiger partial charge in [0, 0.05) is 88.1 Å². The largest absolute Gasteiger partial charge is 0.397 e. The minimum atomic E-state index is -3.96. The van der Waals surface area contributed by atoms with Crippen molar-refractivity contribution in [2.75, 3.05) is 62.5 Å². The maximum atomic E-state index is 12.7. The highest BCUT2D eigenvalue weighted by molar-refractivity contribution is 9.10. The number of carbonyl (C=O) groups excluding carboxylic acids is 2. The molecular weight excluding hydrogens is 1460 g/mol. The number of aromatic nitrogens is 5. The zero-order valence-electron chi connectivity index (χ0n) is 43.0. The first kappa shape index (κ1) is 84.0. The van der Waals surface area contributed by atoms with Crippen molar-refractivity contribution in [1.29, 1.82) is 0 Å². The lowest BCUT2D eigenvalue weighted by molar-refractivity contribution is 0.0827. The van der Waals surface area contributed by atoms with E-state index in [1.807, 2.05) is 25.9 Å². The van der Waals surface area contributed by atoms with Crippen LogP contribution in [0.5, 0.6) is 0 Å². The van der Waals surface area contributed by atoms with Gasteiger partial charge in [0.05, 0.1) is 57.2 Å². The Morgan fingerprint density at radius 1 is 0.667 bits per heavy atom.